The summed E-state index contributed by atoms with van der Waals surface area (Å²) in [5.41, 5.74) is 2.82. The molecule has 0 spiro atoms. The first kappa shape index (κ1) is 15.7. The van der Waals surface area contributed by atoms with Crippen molar-refractivity contribution < 1.29 is 14.3 Å². The standard InChI is InChI=1S/C20H20N2O3/c1-13-7-9-16(10-8-13)21-19(24)22-17-6-4-3-5-14(17)11-15-12-20(15,22)18(23)25-2/h3-10,15H,11-12H2,1-2H3,(H,21,24). The number of carbonyl (C=O) groups is 2. The van der Waals surface area contributed by atoms with Crippen LogP contribution in [-0.4, -0.2) is 24.6 Å². The molecule has 1 aliphatic carbocycles. The van der Waals surface area contributed by atoms with Crippen molar-refractivity contribution in [2.24, 2.45) is 5.92 Å². The van der Waals surface area contributed by atoms with E-state index in [0.717, 1.165) is 23.2 Å². The van der Waals surface area contributed by atoms with Crippen molar-refractivity contribution in [2.75, 3.05) is 17.3 Å². The van der Waals surface area contributed by atoms with Gasteiger partial charge in [0.2, 0.25) is 0 Å². The number of methoxy groups -OCH3 is 1. The predicted molar refractivity (Wildman–Crippen MR) is 95.7 cm³/mol. The van der Waals surface area contributed by atoms with Gasteiger partial charge in [0.05, 0.1) is 7.11 Å². The molecule has 4 rings (SSSR count). The lowest BCUT2D eigenvalue weighted by Gasteiger charge is -2.36. The molecule has 0 aromatic heterocycles. The molecule has 1 N–H and O–H groups in total. The minimum absolute atomic E-state index is 0.110. The molecule has 5 nitrogen and oxygen atoms in total. The van der Waals surface area contributed by atoms with Crippen LogP contribution in [-0.2, 0) is 16.0 Å². The maximum Gasteiger partial charge on any atom is 0.332 e. The Morgan fingerprint density at radius 3 is 2.60 bits per heavy atom. The zero-order valence-corrected chi connectivity index (χ0v) is 14.3. The lowest BCUT2D eigenvalue weighted by molar-refractivity contribution is -0.143. The normalized spacial score (nSPS) is 23.3. The third kappa shape index (κ3) is 2.38. The van der Waals surface area contributed by atoms with E-state index < -0.39 is 5.54 Å². The molecule has 1 saturated carbocycles. The number of aryl methyl sites for hydroxylation is 1. The molecule has 1 aliphatic heterocycles. The second-order valence-corrected chi connectivity index (χ2v) is 6.78. The van der Waals surface area contributed by atoms with Crippen molar-refractivity contribution in [3.05, 3.63) is 59.7 Å². The van der Waals surface area contributed by atoms with E-state index in [4.69, 9.17) is 4.74 Å². The van der Waals surface area contributed by atoms with Crippen LogP contribution in [0.3, 0.4) is 0 Å². The smallest absolute Gasteiger partial charge is 0.332 e. The number of urea groups is 1. The van der Waals surface area contributed by atoms with E-state index in [0.29, 0.717) is 12.1 Å². The van der Waals surface area contributed by atoms with Crippen molar-refractivity contribution in [1.82, 2.24) is 0 Å². The Morgan fingerprint density at radius 2 is 1.88 bits per heavy atom. The number of rotatable bonds is 2. The maximum absolute atomic E-state index is 13.1. The molecule has 0 bridgehead atoms. The molecule has 2 aliphatic rings. The molecule has 2 atom stereocenters. The highest BCUT2D eigenvalue weighted by Crippen LogP contribution is 2.57. The molecule has 0 radical (unpaired) electrons. The maximum atomic E-state index is 13.1. The van der Waals surface area contributed by atoms with Gasteiger partial charge in [-0.15, -0.1) is 0 Å². The largest absolute Gasteiger partial charge is 0.467 e. The summed E-state index contributed by atoms with van der Waals surface area (Å²) in [6, 6.07) is 15.1. The van der Waals surface area contributed by atoms with Crippen LogP contribution in [0.1, 0.15) is 17.5 Å². The highest BCUT2D eigenvalue weighted by Gasteiger charge is 2.68. The highest BCUT2D eigenvalue weighted by molar-refractivity contribution is 6.10. The van der Waals surface area contributed by atoms with E-state index in [9.17, 15) is 9.59 Å². The van der Waals surface area contributed by atoms with Gasteiger partial charge >= 0.3 is 12.0 Å². The van der Waals surface area contributed by atoms with Gasteiger partial charge < -0.3 is 10.1 Å². The average Bonchev–Trinajstić information content (AvgIpc) is 3.35. The van der Waals surface area contributed by atoms with Crippen molar-refractivity contribution in [3.8, 4) is 0 Å². The third-order valence-electron chi connectivity index (χ3n) is 5.22. The second kappa shape index (κ2) is 5.62. The number of benzene rings is 2. The topological polar surface area (TPSA) is 58.6 Å². The highest BCUT2D eigenvalue weighted by atomic mass is 16.5. The van der Waals surface area contributed by atoms with Crippen LogP contribution in [0, 0.1) is 12.8 Å². The fourth-order valence-corrected chi connectivity index (χ4v) is 3.84. The number of hydrogen-bond acceptors (Lipinski definition) is 3. The monoisotopic (exact) mass is 336 g/mol. The molecule has 2 amide bonds. The number of carbonyl (C=O) groups excluding carboxylic acids is 2. The number of amides is 2. The van der Waals surface area contributed by atoms with E-state index in [1.54, 1.807) is 4.90 Å². The Balaban J connectivity index is 1.72. The van der Waals surface area contributed by atoms with Crippen molar-refractivity contribution >= 4 is 23.4 Å². The van der Waals surface area contributed by atoms with Crippen LogP contribution in [0.15, 0.2) is 48.5 Å². The fourth-order valence-electron chi connectivity index (χ4n) is 3.84. The minimum Gasteiger partial charge on any atom is -0.467 e. The number of anilines is 2. The van der Waals surface area contributed by atoms with Crippen LogP contribution in [0.5, 0.6) is 0 Å². The van der Waals surface area contributed by atoms with E-state index in [-0.39, 0.29) is 17.9 Å². The number of hydrogen-bond donors (Lipinski definition) is 1. The minimum atomic E-state index is -0.877. The lowest BCUT2D eigenvalue weighted by Crippen LogP contribution is -2.53. The van der Waals surface area contributed by atoms with Crippen molar-refractivity contribution in [3.63, 3.8) is 0 Å². The predicted octanol–water partition coefficient (Wildman–Crippen LogP) is 3.52. The first-order valence-corrected chi connectivity index (χ1v) is 8.40. The Bertz CT molecular complexity index is 846. The van der Waals surface area contributed by atoms with E-state index in [1.807, 2.05) is 55.5 Å². The van der Waals surface area contributed by atoms with Gasteiger partial charge in [-0.2, -0.15) is 0 Å². The molecule has 25 heavy (non-hydrogen) atoms. The molecule has 128 valence electrons. The molecule has 2 aromatic rings. The molecule has 2 unspecified atom stereocenters. The van der Waals surface area contributed by atoms with Gasteiger partial charge in [0.15, 0.2) is 5.54 Å². The van der Waals surface area contributed by atoms with Gasteiger partial charge in [0.25, 0.3) is 0 Å². The van der Waals surface area contributed by atoms with Gasteiger partial charge in [-0.05, 0) is 43.5 Å². The first-order chi connectivity index (χ1) is 12.1. The Labute approximate surface area is 146 Å². The molecule has 5 heteroatoms. The molecule has 0 saturated heterocycles. The van der Waals surface area contributed by atoms with Crippen LogP contribution < -0.4 is 10.2 Å². The van der Waals surface area contributed by atoms with E-state index in [2.05, 4.69) is 5.32 Å². The SMILES string of the molecule is COC(=O)C12CC1Cc1ccccc1N2C(=O)Nc1ccc(C)cc1. The summed E-state index contributed by atoms with van der Waals surface area (Å²) < 4.78 is 5.04. The zero-order valence-electron chi connectivity index (χ0n) is 14.3. The second-order valence-electron chi connectivity index (χ2n) is 6.78. The number of ether oxygens (including phenoxy) is 1. The number of nitrogens with one attached hydrogen (secondary N) is 1. The average molecular weight is 336 g/mol. The molecule has 2 aromatic carbocycles. The lowest BCUT2D eigenvalue weighted by atomic mass is 9.96. The van der Waals surface area contributed by atoms with Gasteiger partial charge in [-0.1, -0.05) is 35.9 Å². The summed E-state index contributed by atoms with van der Waals surface area (Å²) in [7, 11) is 1.38. The Kier molecular flexibility index (Phi) is 3.53. The quantitative estimate of drug-likeness (QED) is 0.854. The van der Waals surface area contributed by atoms with Crippen molar-refractivity contribution in [2.45, 2.75) is 25.3 Å². The summed E-state index contributed by atoms with van der Waals surface area (Å²) in [6.45, 7) is 1.99. The Morgan fingerprint density at radius 1 is 1.16 bits per heavy atom. The van der Waals surface area contributed by atoms with Gasteiger partial charge in [0, 0.05) is 17.3 Å². The van der Waals surface area contributed by atoms with E-state index in [1.165, 1.54) is 7.11 Å². The molecular formula is C20H20N2O3. The van der Waals surface area contributed by atoms with Gasteiger partial charge in [-0.3, -0.25) is 4.90 Å². The van der Waals surface area contributed by atoms with Crippen LogP contribution in [0.4, 0.5) is 16.2 Å². The summed E-state index contributed by atoms with van der Waals surface area (Å²) >= 11 is 0. The number of para-hydroxylation sites is 1. The summed E-state index contributed by atoms with van der Waals surface area (Å²) in [4.78, 5) is 27.2. The fraction of sp³-hybridized carbons (Fsp3) is 0.300. The number of esters is 1. The Hall–Kier alpha value is -2.82. The van der Waals surface area contributed by atoms with E-state index >= 15 is 0 Å². The number of nitrogens with zero attached hydrogens (tertiary/aromatic N) is 1. The summed E-state index contributed by atoms with van der Waals surface area (Å²) in [5, 5.41) is 2.92. The third-order valence-corrected chi connectivity index (χ3v) is 5.22. The molecular weight excluding hydrogens is 316 g/mol. The van der Waals surface area contributed by atoms with Gasteiger partial charge in [-0.25, -0.2) is 9.59 Å². The van der Waals surface area contributed by atoms with Crippen LogP contribution in [0.2, 0.25) is 0 Å². The van der Waals surface area contributed by atoms with Gasteiger partial charge in [0.1, 0.15) is 0 Å². The van der Waals surface area contributed by atoms with Crippen molar-refractivity contribution in [1.29, 1.82) is 0 Å². The molecule has 1 heterocycles. The number of fused-ring (bicyclic) bond motifs is 2. The summed E-state index contributed by atoms with van der Waals surface area (Å²) in [6.07, 6.45) is 1.43. The molecule has 1 fully saturated rings. The van der Waals surface area contributed by atoms with Crippen LogP contribution in [0.25, 0.3) is 0 Å². The summed E-state index contributed by atoms with van der Waals surface area (Å²) in [5.74, 6) is -0.232. The zero-order chi connectivity index (χ0) is 17.6. The first-order valence-electron chi connectivity index (χ1n) is 8.40. The van der Waals surface area contributed by atoms with Crippen LogP contribution >= 0.6 is 0 Å².